The van der Waals surface area contributed by atoms with E-state index in [2.05, 4.69) is 54.7 Å². The molecule has 0 atom stereocenters. The minimum absolute atomic E-state index is 0.111. The molecule has 9 nitrogen and oxygen atoms in total. The number of H-pyrrole nitrogens is 2. The first-order chi connectivity index (χ1) is 15.6. The predicted molar refractivity (Wildman–Crippen MR) is 120 cm³/mol. The molecule has 5 aromatic rings. The standard InChI is InChI=1S/C23H22N8O/c1-3-6-20-19(22(32)25-23-24-14(2)28-31(20)23)13-15-9-11-16(12-10-15)17-7-4-5-8-18(17)21-26-29-30-27-21/h4-5,7-12H,3,6,13H2,1-2H3,(H,24,25,28,32)(H,26,27,29,30). The molecule has 0 saturated heterocycles. The monoisotopic (exact) mass is 426 g/mol. The third-order valence-electron chi connectivity index (χ3n) is 5.46. The summed E-state index contributed by atoms with van der Waals surface area (Å²) in [5.41, 5.74) is 5.54. The van der Waals surface area contributed by atoms with Crippen LogP contribution in [0.15, 0.2) is 53.3 Å². The Morgan fingerprint density at radius 3 is 2.53 bits per heavy atom. The van der Waals surface area contributed by atoms with Crippen molar-refractivity contribution in [1.29, 1.82) is 0 Å². The van der Waals surface area contributed by atoms with E-state index in [0.29, 0.717) is 23.8 Å². The molecule has 9 heteroatoms. The van der Waals surface area contributed by atoms with Crippen LogP contribution in [0.3, 0.4) is 0 Å². The Labute approximate surface area is 183 Å². The number of rotatable bonds is 6. The van der Waals surface area contributed by atoms with Gasteiger partial charge in [-0.2, -0.15) is 15.3 Å². The highest BCUT2D eigenvalue weighted by Gasteiger charge is 2.16. The molecule has 160 valence electrons. The van der Waals surface area contributed by atoms with E-state index in [-0.39, 0.29) is 5.56 Å². The second-order valence-electron chi connectivity index (χ2n) is 7.68. The fraction of sp³-hybridized carbons (Fsp3) is 0.217. The third-order valence-corrected chi connectivity index (χ3v) is 5.46. The summed E-state index contributed by atoms with van der Waals surface area (Å²) in [4.78, 5) is 20.0. The average molecular weight is 426 g/mol. The van der Waals surface area contributed by atoms with Gasteiger partial charge >= 0.3 is 0 Å². The molecular formula is C23H22N8O. The van der Waals surface area contributed by atoms with Gasteiger partial charge in [0, 0.05) is 17.5 Å². The molecule has 0 saturated carbocycles. The molecule has 5 rings (SSSR count). The molecule has 2 N–H and O–H groups in total. The lowest BCUT2D eigenvalue weighted by atomic mass is 9.96. The molecule has 0 spiro atoms. The van der Waals surface area contributed by atoms with Crippen molar-refractivity contribution in [3.63, 3.8) is 0 Å². The maximum Gasteiger partial charge on any atom is 0.256 e. The van der Waals surface area contributed by atoms with Crippen molar-refractivity contribution >= 4 is 5.78 Å². The first kappa shape index (κ1) is 19.8. The second-order valence-corrected chi connectivity index (χ2v) is 7.68. The maximum atomic E-state index is 12.8. The van der Waals surface area contributed by atoms with Crippen molar-refractivity contribution in [2.45, 2.75) is 33.1 Å². The Kier molecular flexibility index (Phi) is 5.06. The van der Waals surface area contributed by atoms with E-state index in [1.807, 2.05) is 43.3 Å². The number of fused-ring (bicyclic) bond motifs is 1. The smallest absolute Gasteiger partial charge is 0.256 e. The largest absolute Gasteiger partial charge is 0.290 e. The van der Waals surface area contributed by atoms with Crippen molar-refractivity contribution in [2.24, 2.45) is 0 Å². The molecular weight excluding hydrogens is 404 g/mol. The minimum Gasteiger partial charge on any atom is -0.290 e. The van der Waals surface area contributed by atoms with Crippen molar-refractivity contribution in [1.82, 2.24) is 40.2 Å². The van der Waals surface area contributed by atoms with Gasteiger partial charge in [0.25, 0.3) is 5.56 Å². The lowest BCUT2D eigenvalue weighted by molar-refractivity contribution is 0.765. The predicted octanol–water partition coefficient (Wildman–Crippen LogP) is 3.12. The third kappa shape index (κ3) is 3.58. The van der Waals surface area contributed by atoms with Crippen LogP contribution in [0.25, 0.3) is 28.3 Å². The molecule has 0 unspecified atom stereocenters. The molecule has 0 aliphatic carbocycles. The Bertz CT molecular complexity index is 1430. The average Bonchev–Trinajstić information content (AvgIpc) is 3.46. The Morgan fingerprint density at radius 1 is 1.03 bits per heavy atom. The van der Waals surface area contributed by atoms with Gasteiger partial charge in [-0.05, 0) is 35.2 Å². The Balaban J connectivity index is 1.51. The summed E-state index contributed by atoms with van der Waals surface area (Å²) in [6.45, 7) is 3.92. The van der Waals surface area contributed by atoms with Gasteiger partial charge in [0.05, 0.1) is 5.69 Å². The van der Waals surface area contributed by atoms with Crippen molar-refractivity contribution in [3.8, 4) is 22.5 Å². The van der Waals surface area contributed by atoms with Crippen LogP contribution in [-0.2, 0) is 12.8 Å². The molecule has 0 aliphatic rings. The van der Waals surface area contributed by atoms with E-state index < -0.39 is 0 Å². The highest BCUT2D eigenvalue weighted by molar-refractivity contribution is 5.80. The number of aryl methyl sites for hydroxylation is 2. The van der Waals surface area contributed by atoms with E-state index in [9.17, 15) is 4.79 Å². The summed E-state index contributed by atoms with van der Waals surface area (Å²) >= 11 is 0. The van der Waals surface area contributed by atoms with Gasteiger partial charge in [0.2, 0.25) is 11.6 Å². The first-order valence-corrected chi connectivity index (χ1v) is 10.5. The summed E-state index contributed by atoms with van der Waals surface area (Å²) in [5, 5.41) is 18.9. The van der Waals surface area contributed by atoms with Crippen LogP contribution >= 0.6 is 0 Å². The zero-order valence-corrected chi connectivity index (χ0v) is 17.8. The van der Waals surface area contributed by atoms with Crippen LogP contribution in [0.2, 0.25) is 0 Å². The first-order valence-electron chi connectivity index (χ1n) is 10.5. The highest BCUT2D eigenvalue weighted by Crippen LogP contribution is 2.30. The molecule has 3 heterocycles. The molecule has 0 amide bonds. The van der Waals surface area contributed by atoms with E-state index in [0.717, 1.165) is 46.4 Å². The van der Waals surface area contributed by atoms with Crippen molar-refractivity contribution in [2.75, 3.05) is 0 Å². The lowest BCUT2D eigenvalue weighted by Crippen LogP contribution is -2.20. The molecule has 0 fully saturated rings. The topological polar surface area (TPSA) is 118 Å². The van der Waals surface area contributed by atoms with Gasteiger partial charge in [-0.15, -0.1) is 10.2 Å². The number of aromatic amines is 2. The van der Waals surface area contributed by atoms with Crippen molar-refractivity contribution in [3.05, 3.63) is 81.5 Å². The zero-order valence-electron chi connectivity index (χ0n) is 17.8. The van der Waals surface area contributed by atoms with E-state index >= 15 is 0 Å². The van der Waals surface area contributed by atoms with Crippen LogP contribution < -0.4 is 5.56 Å². The quantitative estimate of drug-likeness (QED) is 0.431. The molecule has 32 heavy (non-hydrogen) atoms. The number of nitrogens with one attached hydrogen (secondary N) is 2. The van der Waals surface area contributed by atoms with Gasteiger partial charge in [-0.3, -0.25) is 9.78 Å². The Morgan fingerprint density at radius 2 is 1.81 bits per heavy atom. The van der Waals surface area contributed by atoms with Crippen LogP contribution in [0.4, 0.5) is 0 Å². The van der Waals surface area contributed by atoms with Gasteiger partial charge in [-0.1, -0.05) is 61.9 Å². The second kappa shape index (κ2) is 8.18. The van der Waals surface area contributed by atoms with Crippen LogP contribution in [-0.4, -0.2) is 40.2 Å². The number of hydrogen-bond donors (Lipinski definition) is 2. The SMILES string of the molecule is CCCc1c(Cc2ccc(-c3ccccc3-c3nn[nH]n3)cc2)c(=O)[nH]c2nc(C)nn12. The van der Waals surface area contributed by atoms with Crippen LogP contribution in [0.1, 0.15) is 36.0 Å². The molecule has 3 aromatic heterocycles. The minimum atomic E-state index is -0.111. The molecule has 0 radical (unpaired) electrons. The summed E-state index contributed by atoms with van der Waals surface area (Å²) < 4.78 is 1.77. The number of benzene rings is 2. The fourth-order valence-electron chi connectivity index (χ4n) is 4.01. The van der Waals surface area contributed by atoms with Gasteiger partial charge in [0.1, 0.15) is 5.82 Å². The fourth-order valence-corrected chi connectivity index (χ4v) is 4.01. The summed E-state index contributed by atoms with van der Waals surface area (Å²) in [5.74, 6) is 1.68. The van der Waals surface area contributed by atoms with E-state index in [1.54, 1.807) is 4.52 Å². The van der Waals surface area contributed by atoms with E-state index in [1.165, 1.54) is 0 Å². The van der Waals surface area contributed by atoms with Crippen LogP contribution in [0, 0.1) is 6.92 Å². The molecule has 0 aliphatic heterocycles. The summed E-state index contributed by atoms with van der Waals surface area (Å²) in [7, 11) is 0. The highest BCUT2D eigenvalue weighted by atomic mass is 16.1. The molecule has 2 aromatic carbocycles. The number of nitrogens with zero attached hydrogens (tertiary/aromatic N) is 6. The van der Waals surface area contributed by atoms with Gasteiger partial charge in [0.15, 0.2) is 0 Å². The van der Waals surface area contributed by atoms with Crippen LogP contribution in [0.5, 0.6) is 0 Å². The maximum absolute atomic E-state index is 12.8. The van der Waals surface area contributed by atoms with Crippen molar-refractivity contribution < 1.29 is 0 Å². The van der Waals surface area contributed by atoms with Gasteiger partial charge in [-0.25, -0.2) is 4.52 Å². The van der Waals surface area contributed by atoms with Gasteiger partial charge < -0.3 is 0 Å². The number of hydrogen-bond acceptors (Lipinski definition) is 6. The molecule has 0 bridgehead atoms. The Hall–Kier alpha value is -4.14. The normalized spacial score (nSPS) is 11.3. The number of aromatic nitrogens is 8. The lowest BCUT2D eigenvalue weighted by Gasteiger charge is -2.11. The summed E-state index contributed by atoms with van der Waals surface area (Å²) in [6.07, 6.45) is 2.19. The summed E-state index contributed by atoms with van der Waals surface area (Å²) in [6, 6.07) is 16.2. The zero-order chi connectivity index (χ0) is 22.1. The number of tetrazole rings is 1. The van der Waals surface area contributed by atoms with E-state index in [4.69, 9.17) is 0 Å².